The number of ether oxygens (including phenoxy) is 1. The molecule has 0 fully saturated rings. The van der Waals surface area contributed by atoms with Gasteiger partial charge in [-0.1, -0.05) is 19.8 Å². The Hall–Kier alpha value is -1.45. The Balaban J connectivity index is 3.03. The molecule has 0 saturated heterocycles. The lowest BCUT2D eigenvalue weighted by atomic mass is 10.1. The second-order valence-corrected chi connectivity index (χ2v) is 6.86. The summed E-state index contributed by atoms with van der Waals surface area (Å²) in [6.07, 6.45) is 1.51. The van der Waals surface area contributed by atoms with Gasteiger partial charge in [-0.05, 0) is 17.9 Å². The Morgan fingerprint density at radius 1 is 1.48 bits per heavy atom. The van der Waals surface area contributed by atoms with Crippen molar-refractivity contribution in [2.45, 2.75) is 37.1 Å². The fraction of sp³-hybridized carbons (Fsp3) is 0.500. The topological polar surface area (TPSA) is 110 Å². The number of carboxylic acids is 1. The fourth-order valence-corrected chi connectivity index (χ4v) is 4.20. The van der Waals surface area contributed by atoms with Gasteiger partial charge < -0.3 is 9.84 Å². The van der Waals surface area contributed by atoms with Gasteiger partial charge in [-0.3, -0.25) is 4.79 Å². The first kappa shape index (κ1) is 17.6. The summed E-state index contributed by atoms with van der Waals surface area (Å²) < 4.78 is 31.1. The van der Waals surface area contributed by atoms with Gasteiger partial charge in [-0.2, -0.15) is 4.72 Å². The molecule has 9 heteroatoms. The van der Waals surface area contributed by atoms with Crippen LogP contribution in [0.3, 0.4) is 0 Å². The van der Waals surface area contributed by atoms with Crippen LogP contribution < -0.4 is 4.72 Å². The van der Waals surface area contributed by atoms with E-state index in [4.69, 9.17) is 5.11 Å². The maximum atomic E-state index is 12.2. The van der Waals surface area contributed by atoms with E-state index in [1.165, 1.54) is 11.4 Å². The quantitative estimate of drug-likeness (QED) is 0.696. The minimum atomic E-state index is -4.10. The molecule has 0 amide bonds. The lowest BCUT2D eigenvalue weighted by Crippen LogP contribution is -2.40. The number of unbranched alkanes of at least 4 members (excludes halogenated alkanes) is 1. The molecule has 0 aliphatic heterocycles. The summed E-state index contributed by atoms with van der Waals surface area (Å²) in [6, 6.07) is 0.0261. The van der Waals surface area contributed by atoms with Gasteiger partial charge >= 0.3 is 11.9 Å². The molecule has 118 valence electrons. The van der Waals surface area contributed by atoms with Gasteiger partial charge in [-0.25, -0.2) is 13.2 Å². The lowest BCUT2D eigenvalue weighted by Gasteiger charge is -2.14. The lowest BCUT2D eigenvalue weighted by molar-refractivity contribution is -0.139. The summed E-state index contributed by atoms with van der Waals surface area (Å²) in [5.74, 6) is -2.02. The molecule has 0 spiro atoms. The van der Waals surface area contributed by atoms with E-state index in [-0.39, 0.29) is 16.2 Å². The third-order valence-corrected chi connectivity index (χ3v) is 5.27. The Morgan fingerprint density at radius 3 is 2.67 bits per heavy atom. The molecule has 0 radical (unpaired) electrons. The maximum absolute atomic E-state index is 12.2. The number of thiophene rings is 1. The Labute approximate surface area is 127 Å². The summed E-state index contributed by atoms with van der Waals surface area (Å²) in [4.78, 5) is 22.3. The van der Waals surface area contributed by atoms with E-state index in [0.29, 0.717) is 6.42 Å². The van der Waals surface area contributed by atoms with Crippen LogP contribution in [-0.4, -0.2) is 38.6 Å². The molecule has 0 unspecified atom stereocenters. The van der Waals surface area contributed by atoms with Crippen LogP contribution in [0.5, 0.6) is 0 Å². The molecule has 0 aliphatic rings. The highest BCUT2D eigenvalue weighted by Gasteiger charge is 2.29. The van der Waals surface area contributed by atoms with Gasteiger partial charge in [-0.15, -0.1) is 11.3 Å². The minimum Gasteiger partial charge on any atom is -0.480 e. The van der Waals surface area contributed by atoms with Gasteiger partial charge in [0.15, 0.2) is 0 Å². The third kappa shape index (κ3) is 4.51. The number of aliphatic carboxylic acids is 1. The molecule has 7 nitrogen and oxygen atoms in total. The van der Waals surface area contributed by atoms with Crippen molar-refractivity contribution in [2.24, 2.45) is 0 Å². The summed E-state index contributed by atoms with van der Waals surface area (Å²) in [7, 11) is -2.95. The van der Waals surface area contributed by atoms with E-state index in [0.717, 1.165) is 24.9 Å². The van der Waals surface area contributed by atoms with Crippen LogP contribution in [0, 0.1) is 0 Å². The van der Waals surface area contributed by atoms with Crippen LogP contribution >= 0.6 is 11.3 Å². The van der Waals surface area contributed by atoms with E-state index in [1.807, 2.05) is 6.92 Å². The number of methoxy groups -OCH3 is 1. The number of rotatable bonds is 8. The second-order valence-electron chi connectivity index (χ2n) is 4.26. The number of carbonyl (C=O) groups is 2. The molecule has 0 aliphatic carbocycles. The zero-order chi connectivity index (χ0) is 16.0. The molecule has 1 aromatic rings. The molecule has 0 bridgehead atoms. The largest absolute Gasteiger partial charge is 0.480 e. The van der Waals surface area contributed by atoms with Crippen molar-refractivity contribution in [2.75, 3.05) is 7.11 Å². The average molecular weight is 335 g/mol. The van der Waals surface area contributed by atoms with Gasteiger partial charge in [0.25, 0.3) is 0 Å². The van der Waals surface area contributed by atoms with Crippen LogP contribution in [0.25, 0.3) is 0 Å². The summed E-state index contributed by atoms with van der Waals surface area (Å²) >= 11 is 0.921. The Bertz CT molecular complexity index is 607. The van der Waals surface area contributed by atoms with Crippen LogP contribution in [-0.2, 0) is 19.6 Å². The highest BCUT2D eigenvalue weighted by atomic mass is 32.2. The molecule has 0 saturated carbocycles. The molecule has 1 heterocycles. The molecule has 1 rings (SSSR count). The number of hydrogen-bond donors (Lipinski definition) is 2. The maximum Gasteiger partial charge on any atom is 0.349 e. The van der Waals surface area contributed by atoms with Crippen molar-refractivity contribution < 1.29 is 27.9 Å². The third-order valence-electron chi connectivity index (χ3n) is 2.73. The van der Waals surface area contributed by atoms with Crippen molar-refractivity contribution in [1.82, 2.24) is 4.72 Å². The van der Waals surface area contributed by atoms with Crippen LogP contribution in [0.4, 0.5) is 0 Å². The van der Waals surface area contributed by atoms with Crippen molar-refractivity contribution in [1.29, 1.82) is 0 Å². The van der Waals surface area contributed by atoms with Gasteiger partial charge in [0.1, 0.15) is 15.8 Å². The molecular formula is C12H17NO6S2. The normalized spacial score (nSPS) is 12.9. The predicted octanol–water partition coefficient (Wildman–Crippen LogP) is 1.46. The zero-order valence-corrected chi connectivity index (χ0v) is 13.3. The SMILES string of the molecule is CCCC[C@H](NS(=O)(=O)c1ccsc1C(=O)OC)C(=O)O. The molecular weight excluding hydrogens is 318 g/mol. The van der Waals surface area contributed by atoms with Crippen LogP contribution in [0.15, 0.2) is 16.3 Å². The van der Waals surface area contributed by atoms with E-state index >= 15 is 0 Å². The molecule has 1 atom stereocenters. The highest BCUT2D eigenvalue weighted by Crippen LogP contribution is 2.23. The zero-order valence-electron chi connectivity index (χ0n) is 11.7. The summed E-state index contributed by atoms with van der Waals surface area (Å²) in [6.45, 7) is 1.88. The predicted molar refractivity (Wildman–Crippen MR) is 76.9 cm³/mol. The van der Waals surface area contributed by atoms with Crippen LogP contribution in [0.1, 0.15) is 35.9 Å². The number of sulfonamides is 1. The first-order chi connectivity index (χ1) is 9.83. The number of nitrogens with one attached hydrogen (secondary N) is 1. The van der Waals surface area contributed by atoms with E-state index in [1.54, 1.807) is 0 Å². The van der Waals surface area contributed by atoms with Gasteiger partial charge in [0.2, 0.25) is 10.0 Å². The van der Waals surface area contributed by atoms with E-state index < -0.39 is 28.0 Å². The number of hydrogen-bond acceptors (Lipinski definition) is 6. The van der Waals surface area contributed by atoms with Crippen LogP contribution in [0.2, 0.25) is 0 Å². The van der Waals surface area contributed by atoms with Crippen molar-refractivity contribution in [3.05, 3.63) is 16.3 Å². The number of carboxylic acid groups (broad SMARTS) is 1. The van der Waals surface area contributed by atoms with Crippen molar-refractivity contribution in [3.8, 4) is 0 Å². The van der Waals surface area contributed by atoms with E-state index in [9.17, 15) is 18.0 Å². The Kier molecular flexibility index (Phi) is 6.31. The molecule has 1 aromatic heterocycles. The van der Waals surface area contributed by atoms with E-state index in [2.05, 4.69) is 9.46 Å². The molecule has 0 aromatic carbocycles. The fourth-order valence-electron chi connectivity index (χ4n) is 1.64. The summed E-state index contributed by atoms with van der Waals surface area (Å²) in [5, 5.41) is 10.5. The second kappa shape index (κ2) is 7.53. The number of esters is 1. The average Bonchev–Trinajstić information content (AvgIpc) is 2.92. The van der Waals surface area contributed by atoms with Crippen molar-refractivity contribution >= 4 is 33.3 Å². The molecule has 21 heavy (non-hydrogen) atoms. The standard InChI is InChI=1S/C12H17NO6S2/c1-3-4-5-8(11(14)15)13-21(17,18)9-6-7-20-10(9)12(16)19-2/h6-8,13H,3-5H2,1-2H3,(H,14,15)/t8-/m0/s1. The first-order valence-electron chi connectivity index (χ1n) is 6.24. The van der Waals surface area contributed by atoms with Crippen molar-refractivity contribution in [3.63, 3.8) is 0 Å². The van der Waals surface area contributed by atoms with Gasteiger partial charge in [0, 0.05) is 0 Å². The first-order valence-corrected chi connectivity index (χ1v) is 8.60. The smallest absolute Gasteiger partial charge is 0.349 e. The van der Waals surface area contributed by atoms with Gasteiger partial charge in [0.05, 0.1) is 7.11 Å². The minimum absolute atomic E-state index is 0.0790. The monoisotopic (exact) mass is 335 g/mol. The highest BCUT2D eigenvalue weighted by molar-refractivity contribution is 7.89. The Morgan fingerprint density at radius 2 is 2.14 bits per heavy atom. The molecule has 2 N–H and O–H groups in total. The number of carbonyl (C=O) groups excluding carboxylic acids is 1. The summed E-state index contributed by atoms with van der Waals surface area (Å²) in [5.41, 5.74) is 0.